The zero-order valence-corrected chi connectivity index (χ0v) is 18.5. The molecule has 0 bridgehead atoms. The highest BCUT2D eigenvalue weighted by molar-refractivity contribution is 5.78. The van der Waals surface area contributed by atoms with Crippen molar-refractivity contribution in [1.29, 1.82) is 0 Å². The predicted molar refractivity (Wildman–Crippen MR) is 124 cm³/mol. The Morgan fingerprint density at radius 2 is 1.75 bits per heavy atom. The molecule has 2 heterocycles. The molecule has 0 radical (unpaired) electrons. The normalized spacial score (nSPS) is 15.8. The lowest BCUT2D eigenvalue weighted by Crippen LogP contribution is -2.46. The van der Waals surface area contributed by atoms with Crippen LogP contribution < -0.4 is 14.4 Å². The molecule has 32 heavy (non-hydrogen) atoms. The van der Waals surface area contributed by atoms with Crippen molar-refractivity contribution >= 4 is 11.7 Å². The summed E-state index contributed by atoms with van der Waals surface area (Å²) in [5.41, 5.74) is 2.26. The number of hydrogen-bond donors (Lipinski definition) is 0. The van der Waals surface area contributed by atoms with Gasteiger partial charge in [-0.15, -0.1) is 0 Å². The van der Waals surface area contributed by atoms with Gasteiger partial charge in [-0.25, -0.2) is 9.97 Å². The second-order valence-electron chi connectivity index (χ2n) is 7.98. The van der Waals surface area contributed by atoms with Gasteiger partial charge in [0.05, 0.1) is 6.54 Å². The van der Waals surface area contributed by atoms with E-state index in [4.69, 9.17) is 9.47 Å². The first kappa shape index (κ1) is 21.6. The first-order chi connectivity index (χ1) is 15.6. The molecule has 7 heteroatoms. The Labute approximate surface area is 188 Å². The maximum atomic E-state index is 12.7. The SMILES string of the molecule is CN(C)c1nccnc1OC1CCCN(C(=O)COc2ccc(-c3ccccc3)cc2)C1. The number of nitrogens with zero attached hydrogens (tertiary/aromatic N) is 4. The van der Waals surface area contributed by atoms with Gasteiger partial charge in [-0.3, -0.25) is 4.79 Å². The van der Waals surface area contributed by atoms with E-state index >= 15 is 0 Å². The Bertz CT molecular complexity index is 1020. The van der Waals surface area contributed by atoms with Crippen molar-refractivity contribution in [1.82, 2.24) is 14.9 Å². The molecule has 166 valence electrons. The number of carbonyl (C=O) groups excluding carboxylic acids is 1. The van der Waals surface area contributed by atoms with Gasteiger partial charge in [-0.2, -0.15) is 0 Å². The molecule has 1 amide bonds. The summed E-state index contributed by atoms with van der Waals surface area (Å²) >= 11 is 0. The molecule has 0 spiro atoms. The van der Waals surface area contributed by atoms with Crippen molar-refractivity contribution in [2.45, 2.75) is 18.9 Å². The highest BCUT2D eigenvalue weighted by Gasteiger charge is 2.26. The molecular formula is C25H28N4O3. The average molecular weight is 433 g/mol. The highest BCUT2D eigenvalue weighted by Crippen LogP contribution is 2.25. The standard InChI is InChI=1S/C25H28N4O3/c1-28(2)24-25(27-15-14-26-24)32-22-9-6-16-29(17-22)23(30)18-31-21-12-10-20(11-13-21)19-7-4-3-5-8-19/h3-5,7-8,10-15,22H,6,9,16-18H2,1-2H3. The van der Waals surface area contributed by atoms with Gasteiger partial charge in [-0.1, -0.05) is 42.5 Å². The van der Waals surface area contributed by atoms with E-state index in [1.165, 1.54) is 0 Å². The number of piperidine rings is 1. The summed E-state index contributed by atoms with van der Waals surface area (Å²) in [5.74, 6) is 1.81. The number of hydrogen-bond acceptors (Lipinski definition) is 6. The molecule has 0 aliphatic carbocycles. The minimum absolute atomic E-state index is 0.00545. The zero-order chi connectivity index (χ0) is 22.3. The molecule has 1 fully saturated rings. The van der Waals surface area contributed by atoms with Crippen LogP contribution in [0.15, 0.2) is 67.0 Å². The van der Waals surface area contributed by atoms with Crippen molar-refractivity contribution in [2.75, 3.05) is 38.7 Å². The van der Waals surface area contributed by atoms with Crippen LogP contribution in [0, 0.1) is 0 Å². The van der Waals surface area contributed by atoms with Crippen LogP contribution in [0.4, 0.5) is 5.82 Å². The number of anilines is 1. The Morgan fingerprint density at radius 1 is 1.03 bits per heavy atom. The maximum Gasteiger partial charge on any atom is 0.260 e. The van der Waals surface area contributed by atoms with Crippen LogP contribution in [0.2, 0.25) is 0 Å². The van der Waals surface area contributed by atoms with Crippen LogP contribution in [0.25, 0.3) is 11.1 Å². The fourth-order valence-corrected chi connectivity index (χ4v) is 3.74. The fraction of sp³-hybridized carbons (Fsp3) is 0.320. The molecule has 2 aromatic carbocycles. The van der Waals surface area contributed by atoms with Crippen LogP contribution in [-0.4, -0.2) is 60.7 Å². The molecule has 7 nitrogen and oxygen atoms in total. The fourth-order valence-electron chi connectivity index (χ4n) is 3.74. The Kier molecular flexibility index (Phi) is 6.84. The summed E-state index contributed by atoms with van der Waals surface area (Å²) in [7, 11) is 3.80. The second kappa shape index (κ2) is 10.1. The second-order valence-corrected chi connectivity index (χ2v) is 7.98. The molecular weight excluding hydrogens is 404 g/mol. The Hall–Kier alpha value is -3.61. The molecule has 1 unspecified atom stereocenters. The Balaban J connectivity index is 1.31. The third-order valence-electron chi connectivity index (χ3n) is 5.40. The number of ether oxygens (including phenoxy) is 2. The summed E-state index contributed by atoms with van der Waals surface area (Å²) < 4.78 is 11.9. The molecule has 1 atom stereocenters. The lowest BCUT2D eigenvalue weighted by molar-refractivity contribution is -0.136. The molecule has 1 aliphatic heterocycles. The molecule has 1 aliphatic rings. The first-order valence-electron chi connectivity index (χ1n) is 10.8. The van der Waals surface area contributed by atoms with Gasteiger partial charge < -0.3 is 19.3 Å². The largest absolute Gasteiger partial charge is 0.484 e. The van der Waals surface area contributed by atoms with Gasteiger partial charge in [0, 0.05) is 33.0 Å². The van der Waals surface area contributed by atoms with Crippen LogP contribution in [0.1, 0.15) is 12.8 Å². The van der Waals surface area contributed by atoms with Crippen molar-refractivity contribution < 1.29 is 14.3 Å². The van der Waals surface area contributed by atoms with Crippen LogP contribution >= 0.6 is 0 Å². The lowest BCUT2D eigenvalue weighted by Gasteiger charge is -2.33. The molecule has 0 N–H and O–H groups in total. The van der Waals surface area contributed by atoms with Crippen molar-refractivity contribution in [3.63, 3.8) is 0 Å². The van der Waals surface area contributed by atoms with Gasteiger partial charge in [0.25, 0.3) is 11.8 Å². The smallest absolute Gasteiger partial charge is 0.260 e. The van der Waals surface area contributed by atoms with E-state index in [0.29, 0.717) is 30.5 Å². The van der Waals surface area contributed by atoms with E-state index in [-0.39, 0.29) is 18.6 Å². The molecule has 4 rings (SSSR count). The summed E-state index contributed by atoms with van der Waals surface area (Å²) in [5, 5.41) is 0. The first-order valence-corrected chi connectivity index (χ1v) is 10.8. The van der Waals surface area contributed by atoms with Crippen LogP contribution in [-0.2, 0) is 4.79 Å². The zero-order valence-electron chi connectivity index (χ0n) is 18.5. The van der Waals surface area contributed by atoms with E-state index < -0.39 is 0 Å². The summed E-state index contributed by atoms with van der Waals surface area (Å²) in [6.07, 6.45) is 4.89. The highest BCUT2D eigenvalue weighted by atomic mass is 16.5. The minimum Gasteiger partial charge on any atom is -0.484 e. The molecule has 3 aromatic rings. The maximum absolute atomic E-state index is 12.7. The van der Waals surface area contributed by atoms with Gasteiger partial charge in [0.1, 0.15) is 11.9 Å². The van der Waals surface area contributed by atoms with Gasteiger partial charge in [0.2, 0.25) is 0 Å². The molecule has 0 saturated carbocycles. The number of rotatable bonds is 7. The van der Waals surface area contributed by atoms with Crippen molar-refractivity contribution in [3.8, 4) is 22.8 Å². The number of likely N-dealkylation sites (tertiary alicyclic amines) is 1. The lowest BCUT2D eigenvalue weighted by atomic mass is 10.1. The topological polar surface area (TPSA) is 67.8 Å². The van der Waals surface area contributed by atoms with Crippen molar-refractivity contribution in [2.24, 2.45) is 0 Å². The van der Waals surface area contributed by atoms with Crippen molar-refractivity contribution in [3.05, 3.63) is 67.0 Å². The third-order valence-corrected chi connectivity index (χ3v) is 5.40. The van der Waals surface area contributed by atoms with E-state index in [1.54, 1.807) is 17.3 Å². The molecule has 1 saturated heterocycles. The van der Waals surface area contributed by atoms with E-state index in [9.17, 15) is 4.79 Å². The van der Waals surface area contributed by atoms with E-state index in [1.807, 2.05) is 61.5 Å². The summed E-state index contributed by atoms with van der Waals surface area (Å²) in [4.78, 5) is 25.1. The van der Waals surface area contributed by atoms with Crippen LogP contribution in [0.5, 0.6) is 11.6 Å². The minimum atomic E-state index is -0.117. The van der Waals surface area contributed by atoms with E-state index in [0.717, 1.165) is 24.0 Å². The summed E-state index contributed by atoms with van der Waals surface area (Å²) in [6, 6.07) is 18.0. The third kappa shape index (κ3) is 5.35. The summed E-state index contributed by atoms with van der Waals surface area (Å²) in [6.45, 7) is 1.22. The van der Waals surface area contributed by atoms with Gasteiger partial charge in [-0.05, 0) is 36.1 Å². The Morgan fingerprint density at radius 3 is 2.50 bits per heavy atom. The number of carbonyl (C=O) groups is 1. The van der Waals surface area contributed by atoms with Crippen LogP contribution in [0.3, 0.4) is 0 Å². The number of aromatic nitrogens is 2. The quantitative estimate of drug-likeness (QED) is 0.568. The average Bonchev–Trinajstić information content (AvgIpc) is 2.84. The predicted octanol–water partition coefficient (Wildman–Crippen LogP) is 3.66. The van der Waals surface area contributed by atoms with E-state index in [2.05, 4.69) is 22.1 Å². The molecule has 1 aromatic heterocycles. The number of benzene rings is 2. The number of amides is 1. The monoisotopic (exact) mass is 432 g/mol. The van der Waals surface area contributed by atoms with Gasteiger partial charge >= 0.3 is 0 Å². The van der Waals surface area contributed by atoms with Gasteiger partial charge in [0.15, 0.2) is 12.4 Å².